The number of nitrogens with zero attached hydrogens (tertiary/aromatic N) is 6. The maximum atomic E-state index is 14.0. The van der Waals surface area contributed by atoms with Gasteiger partial charge in [-0.15, -0.1) is 11.3 Å². The van der Waals surface area contributed by atoms with Crippen molar-refractivity contribution in [1.29, 1.82) is 0 Å². The van der Waals surface area contributed by atoms with Crippen molar-refractivity contribution < 1.29 is 43.1 Å². The first kappa shape index (κ1) is 57.0. The number of ether oxygens (including phenoxy) is 3. The minimum atomic E-state index is -2.51. The average molecular weight is 1090 g/mol. The summed E-state index contributed by atoms with van der Waals surface area (Å²) in [5.74, 6) is 0.109. The molecule has 2 aromatic heterocycles. The van der Waals surface area contributed by atoms with Gasteiger partial charge in [0.1, 0.15) is 30.8 Å². The van der Waals surface area contributed by atoms with Crippen LogP contribution in [0, 0.1) is 12.3 Å². The Morgan fingerprint density at radius 2 is 1.61 bits per heavy atom. The van der Waals surface area contributed by atoms with E-state index in [-0.39, 0.29) is 76.5 Å². The number of amides is 4. The van der Waals surface area contributed by atoms with E-state index in [4.69, 9.17) is 30.8 Å². The number of carbonyl (C=O) groups excluding carboxylic acids is 4. The summed E-state index contributed by atoms with van der Waals surface area (Å²) in [6, 6.07) is 19.8. The van der Waals surface area contributed by atoms with Crippen molar-refractivity contribution in [1.82, 2.24) is 35.4 Å². The molecule has 0 spiro atoms. The van der Waals surface area contributed by atoms with Crippen LogP contribution in [0.1, 0.15) is 73.9 Å². The molecule has 0 saturated carbocycles. The lowest BCUT2D eigenvalue weighted by molar-refractivity contribution is -0.144. The first-order valence-electron chi connectivity index (χ1n) is 25.3. The molecule has 3 atom stereocenters. The van der Waals surface area contributed by atoms with E-state index in [0.29, 0.717) is 61.3 Å². The number of benzene rings is 3. The summed E-state index contributed by atoms with van der Waals surface area (Å²) in [5.41, 5.74) is 7.51. The number of anilines is 1. The molecule has 20 heteroatoms. The second-order valence-corrected chi connectivity index (χ2v) is 24.9. The number of aromatic nitrogens is 3. The van der Waals surface area contributed by atoms with Crippen LogP contribution < -0.4 is 25.6 Å². The van der Waals surface area contributed by atoms with Crippen molar-refractivity contribution in [2.24, 2.45) is 5.41 Å². The molecule has 2 fully saturated rings. The van der Waals surface area contributed by atoms with Crippen LogP contribution in [0.2, 0.25) is 5.02 Å². The maximum absolute atomic E-state index is 14.0. The van der Waals surface area contributed by atoms with Crippen molar-refractivity contribution in [3.63, 3.8) is 0 Å². The smallest absolute Gasteiger partial charge is 0.246 e. The topological polar surface area (TPSA) is 206 Å². The zero-order valence-corrected chi connectivity index (χ0v) is 46.4. The molecule has 4 amide bonds. The third-order valence-corrected chi connectivity index (χ3v) is 16.3. The van der Waals surface area contributed by atoms with E-state index in [0.717, 1.165) is 43.8 Å². The summed E-state index contributed by atoms with van der Waals surface area (Å²) in [6.45, 7) is 14.4. The number of thiazole rings is 1. The third-order valence-electron chi connectivity index (χ3n) is 13.4. The van der Waals surface area contributed by atoms with Crippen molar-refractivity contribution >= 4 is 64.7 Å². The number of rotatable bonds is 22. The number of halogens is 1. The zero-order chi connectivity index (χ0) is 53.9. The van der Waals surface area contributed by atoms with Crippen LogP contribution in [0.3, 0.4) is 0 Å². The van der Waals surface area contributed by atoms with Crippen LogP contribution in [-0.4, -0.2) is 151 Å². The van der Waals surface area contributed by atoms with Gasteiger partial charge in [0, 0.05) is 93.8 Å². The van der Waals surface area contributed by atoms with E-state index in [1.165, 1.54) is 4.90 Å². The van der Waals surface area contributed by atoms with E-state index in [9.17, 15) is 28.8 Å². The normalized spacial score (nSPS) is 16.5. The fraction of sp³-hybridized carbons (Fsp3) is 0.473. The molecule has 5 aromatic rings. The molecule has 2 saturated heterocycles. The van der Waals surface area contributed by atoms with Gasteiger partial charge in [0.05, 0.1) is 72.9 Å². The monoisotopic (exact) mass is 1080 g/mol. The van der Waals surface area contributed by atoms with Crippen molar-refractivity contribution in [2.75, 3.05) is 84.5 Å². The Hall–Kier alpha value is -5.75. The number of aryl methyl sites for hydroxylation is 1. The molecule has 402 valence electrons. The molecule has 0 aliphatic carbocycles. The van der Waals surface area contributed by atoms with E-state index >= 15 is 0 Å². The second-order valence-electron chi connectivity index (χ2n) is 20.4. The number of nitrogens with one attached hydrogen (secondary N) is 2. The number of methoxy groups -OCH3 is 1. The highest BCUT2D eigenvalue weighted by molar-refractivity contribution is 7.70. The van der Waals surface area contributed by atoms with Crippen LogP contribution in [0.15, 0.2) is 78.4 Å². The molecule has 17 nitrogen and oxygen atoms in total. The Bertz CT molecular complexity index is 2830. The van der Waals surface area contributed by atoms with Gasteiger partial charge in [0.25, 0.3) is 0 Å². The number of hydrogen-bond donors (Lipinski definition) is 3. The Kier molecular flexibility index (Phi) is 19.6. The Balaban J connectivity index is 0.786. The van der Waals surface area contributed by atoms with Crippen molar-refractivity contribution in [3.8, 4) is 16.2 Å². The summed E-state index contributed by atoms with van der Waals surface area (Å²) in [7, 11) is -0.870. The van der Waals surface area contributed by atoms with E-state index in [1.54, 1.807) is 38.0 Å². The van der Waals surface area contributed by atoms with Gasteiger partial charge in [-0.1, -0.05) is 87.0 Å². The van der Waals surface area contributed by atoms with Gasteiger partial charge in [-0.25, -0.2) is 15.0 Å². The lowest BCUT2D eigenvalue weighted by Crippen LogP contribution is -2.57. The van der Waals surface area contributed by atoms with Gasteiger partial charge in [-0.2, -0.15) is 0 Å². The maximum Gasteiger partial charge on any atom is 0.246 e. The van der Waals surface area contributed by atoms with Crippen LogP contribution >= 0.6 is 30.1 Å². The summed E-state index contributed by atoms with van der Waals surface area (Å²) < 4.78 is 30.2. The van der Waals surface area contributed by atoms with Gasteiger partial charge < -0.3 is 49.2 Å². The van der Waals surface area contributed by atoms with Gasteiger partial charge in [0.2, 0.25) is 23.6 Å². The fourth-order valence-electron chi connectivity index (χ4n) is 9.30. The molecule has 0 radical (unpaired) electrons. The molecular weight excluding hydrogens is 1020 g/mol. The summed E-state index contributed by atoms with van der Waals surface area (Å²) >= 11 is 8.12. The quantitative estimate of drug-likeness (QED) is 0.0517. The van der Waals surface area contributed by atoms with Crippen LogP contribution in [0.4, 0.5) is 5.69 Å². The number of aliphatic hydroxyl groups is 1. The van der Waals surface area contributed by atoms with Crippen LogP contribution in [-0.2, 0) is 52.6 Å². The van der Waals surface area contributed by atoms with Crippen LogP contribution in [0.5, 0.6) is 5.75 Å². The Morgan fingerprint density at radius 1 is 0.907 bits per heavy atom. The molecular formula is C55H70ClN8O9PS. The predicted octanol–water partition coefficient (Wildman–Crippen LogP) is 6.27. The molecule has 75 heavy (non-hydrogen) atoms. The SMILES string of the molecule is COc1cc(N2CCN(C(=O)CCOCCOCCC(=O)N[C@H](C(=O)N3C[C@H](O)C[C@H]3C(=O)NCc3ccc(-c4scnc4C)cc3)C(C)(C)C)CC2)ccc1Cc1ncc(Cl)c(Cc2ccccc2P(C)(C)=O)n1. The lowest BCUT2D eigenvalue weighted by Gasteiger charge is -2.36. The Labute approximate surface area is 449 Å². The molecule has 2 aliphatic rings. The molecule has 3 N–H and O–H groups in total. The molecule has 0 unspecified atom stereocenters. The summed E-state index contributed by atoms with van der Waals surface area (Å²) in [4.78, 5) is 73.9. The summed E-state index contributed by atoms with van der Waals surface area (Å²) in [6.07, 6.45) is 1.92. The first-order chi connectivity index (χ1) is 35.8. The molecule has 0 bridgehead atoms. The number of aliphatic hydroxyl groups excluding tert-OH is 1. The molecule has 4 heterocycles. The highest BCUT2D eigenvalue weighted by Gasteiger charge is 2.44. The van der Waals surface area contributed by atoms with E-state index in [2.05, 4.69) is 25.5 Å². The molecule has 2 aliphatic heterocycles. The van der Waals surface area contributed by atoms with Gasteiger partial charge in [0.15, 0.2) is 0 Å². The fourth-order valence-corrected chi connectivity index (χ4v) is 11.6. The van der Waals surface area contributed by atoms with Crippen molar-refractivity contribution in [2.45, 2.75) is 84.5 Å². The number of β-amino-alcohol motifs (C(OH)–C–C–N with tert-alkyl or cyclic N) is 1. The Morgan fingerprint density at radius 3 is 2.28 bits per heavy atom. The zero-order valence-electron chi connectivity index (χ0n) is 44.0. The van der Waals surface area contributed by atoms with Gasteiger partial charge in [-0.05, 0) is 48.4 Å². The van der Waals surface area contributed by atoms with Gasteiger partial charge in [-0.3, -0.25) is 19.2 Å². The van der Waals surface area contributed by atoms with E-state index in [1.807, 2.05) is 105 Å². The van der Waals surface area contributed by atoms with Gasteiger partial charge >= 0.3 is 0 Å². The number of likely N-dealkylation sites (tertiary alicyclic amines) is 1. The molecule has 7 rings (SSSR count). The van der Waals surface area contributed by atoms with Crippen molar-refractivity contribution in [3.05, 3.63) is 117 Å². The predicted molar refractivity (Wildman–Crippen MR) is 292 cm³/mol. The number of hydrogen-bond acceptors (Lipinski definition) is 14. The highest BCUT2D eigenvalue weighted by Crippen LogP contribution is 2.37. The minimum absolute atomic E-state index is 0.00411. The van der Waals surface area contributed by atoms with Crippen LogP contribution in [0.25, 0.3) is 10.4 Å². The van der Waals surface area contributed by atoms with E-state index < -0.39 is 36.7 Å². The average Bonchev–Trinajstić information content (AvgIpc) is 4.01. The standard InChI is InChI=1S/C55H70ClN8O9PS/c1-36-51(75-35-59-36)38-14-12-37(13-15-38)32-58-53(68)45-31-42(65)34-64(45)54(69)52(55(2,3)4)61-49(66)18-24-72-26-27-73-25-19-50(67)63-22-20-62(21-23-63)41-17-16-39(46(30-41)71-5)29-48-57-33-43(56)44(60-48)28-40-10-8-9-11-47(40)74(6,7)70/h8-17,30,33,35,42,45,52,65H,18-29,31-32,34H2,1-7H3,(H,58,68)(H,61,66)/t42-,45+,52-/m1/s1. The third kappa shape index (κ3) is 15.4. The molecule has 3 aromatic carbocycles. The largest absolute Gasteiger partial charge is 0.496 e. The first-order valence-corrected chi connectivity index (χ1v) is 29.2. The number of carbonyl (C=O) groups is 4. The number of piperazine rings is 1. The lowest BCUT2D eigenvalue weighted by atomic mass is 9.85. The minimum Gasteiger partial charge on any atom is -0.496 e. The summed E-state index contributed by atoms with van der Waals surface area (Å²) in [5, 5.41) is 17.6. The second kappa shape index (κ2) is 25.9. The highest BCUT2D eigenvalue weighted by atomic mass is 35.5.